The maximum Gasteiger partial charge on any atom is 0.422 e. The average Bonchev–Trinajstić information content (AvgIpc) is 2.70. The lowest BCUT2D eigenvalue weighted by Gasteiger charge is -2.24. The fraction of sp³-hybridized carbons (Fsp3) is 0.435. The Labute approximate surface area is 201 Å². The molecule has 34 heavy (non-hydrogen) atoms. The van der Waals surface area contributed by atoms with Crippen LogP contribution in [0.15, 0.2) is 42.6 Å². The fourth-order valence-corrected chi connectivity index (χ4v) is 2.98. The molecule has 7 nitrogen and oxygen atoms in total. The number of halogens is 4. The van der Waals surface area contributed by atoms with E-state index in [0.717, 1.165) is 6.20 Å². The van der Waals surface area contributed by atoms with E-state index < -0.39 is 36.6 Å². The number of nitrogens with one attached hydrogen (secondary N) is 2. The Balaban J connectivity index is 2.03. The van der Waals surface area contributed by atoms with Gasteiger partial charge in [-0.05, 0) is 57.5 Å². The third kappa shape index (κ3) is 9.86. The van der Waals surface area contributed by atoms with E-state index in [1.807, 2.05) is 0 Å². The second kappa shape index (κ2) is 11.4. The van der Waals surface area contributed by atoms with E-state index in [1.54, 1.807) is 52.0 Å². The molecule has 1 heterocycles. The highest BCUT2D eigenvalue weighted by atomic mass is 35.5. The molecule has 2 rings (SSSR count). The molecule has 0 fully saturated rings. The maximum atomic E-state index is 12.7. The van der Waals surface area contributed by atoms with Crippen molar-refractivity contribution in [3.05, 3.63) is 58.9 Å². The molecule has 0 bridgehead atoms. The minimum Gasteiger partial charge on any atom is -0.483 e. The number of pyridine rings is 1. The van der Waals surface area contributed by atoms with Gasteiger partial charge in [0.15, 0.2) is 6.61 Å². The number of aromatic nitrogens is 1. The van der Waals surface area contributed by atoms with Crippen LogP contribution in [0.2, 0.25) is 5.02 Å². The molecule has 0 aliphatic heterocycles. The Bertz CT molecular complexity index is 961. The van der Waals surface area contributed by atoms with Crippen LogP contribution in [0.1, 0.15) is 57.5 Å². The summed E-state index contributed by atoms with van der Waals surface area (Å²) in [6.45, 7) is 5.44. The van der Waals surface area contributed by atoms with Crippen molar-refractivity contribution in [2.24, 2.45) is 0 Å². The molecular weight excluding hydrogens is 475 g/mol. The predicted octanol–water partition coefficient (Wildman–Crippen LogP) is 5.51. The van der Waals surface area contributed by atoms with Crippen LogP contribution in [0.5, 0.6) is 5.75 Å². The number of alkyl carbamates (subject to hydrolysis) is 1. The van der Waals surface area contributed by atoms with E-state index in [1.165, 1.54) is 12.1 Å². The number of hydrogen-bond acceptors (Lipinski definition) is 5. The summed E-state index contributed by atoms with van der Waals surface area (Å²) in [7, 11) is 0. The van der Waals surface area contributed by atoms with Gasteiger partial charge in [-0.25, -0.2) is 4.79 Å². The minimum atomic E-state index is -4.45. The predicted molar refractivity (Wildman–Crippen MR) is 121 cm³/mol. The topological polar surface area (TPSA) is 89.6 Å². The molecule has 0 spiro atoms. The smallest absolute Gasteiger partial charge is 0.422 e. The number of hydrogen-bond donors (Lipinski definition) is 2. The highest BCUT2D eigenvalue weighted by molar-refractivity contribution is 6.30. The molecule has 0 radical (unpaired) electrons. The molecular formula is C23H27ClF3N3O4. The van der Waals surface area contributed by atoms with Gasteiger partial charge < -0.3 is 20.1 Å². The molecule has 11 heteroatoms. The van der Waals surface area contributed by atoms with Gasteiger partial charge in [0.1, 0.15) is 11.4 Å². The second-order valence-electron chi connectivity index (χ2n) is 8.57. The van der Waals surface area contributed by atoms with Crippen LogP contribution in [0.4, 0.5) is 18.0 Å². The maximum absolute atomic E-state index is 12.7. The van der Waals surface area contributed by atoms with Crippen molar-refractivity contribution in [3.63, 3.8) is 0 Å². The van der Waals surface area contributed by atoms with Crippen molar-refractivity contribution in [1.82, 2.24) is 15.6 Å². The second-order valence-corrected chi connectivity index (χ2v) is 9.00. The molecule has 0 saturated heterocycles. The van der Waals surface area contributed by atoms with E-state index in [2.05, 4.69) is 20.4 Å². The monoisotopic (exact) mass is 501 g/mol. The zero-order valence-electron chi connectivity index (χ0n) is 19.2. The highest BCUT2D eigenvalue weighted by Gasteiger charge is 2.28. The van der Waals surface area contributed by atoms with Gasteiger partial charge in [-0.1, -0.05) is 23.7 Å². The van der Waals surface area contributed by atoms with E-state index in [0.29, 0.717) is 16.3 Å². The van der Waals surface area contributed by atoms with Gasteiger partial charge in [0.05, 0.1) is 30.4 Å². The van der Waals surface area contributed by atoms with Crippen molar-refractivity contribution in [3.8, 4) is 5.75 Å². The first-order valence-corrected chi connectivity index (χ1v) is 10.8. The first kappa shape index (κ1) is 27.2. The number of benzene rings is 1. The molecule has 0 aliphatic rings. The summed E-state index contributed by atoms with van der Waals surface area (Å²) in [6.07, 6.45) is -4.07. The first-order valence-electron chi connectivity index (χ1n) is 10.4. The van der Waals surface area contributed by atoms with Crippen LogP contribution < -0.4 is 15.4 Å². The number of carbonyl (C=O) groups excluding carboxylic acids is 2. The van der Waals surface area contributed by atoms with Crippen molar-refractivity contribution in [2.45, 2.75) is 58.0 Å². The van der Waals surface area contributed by atoms with Crippen LogP contribution >= 0.6 is 11.6 Å². The van der Waals surface area contributed by atoms with E-state index in [9.17, 15) is 22.8 Å². The van der Waals surface area contributed by atoms with Crippen molar-refractivity contribution in [2.75, 3.05) is 6.61 Å². The van der Waals surface area contributed by atoms with E-state index in [-0.39, 0.29) is 18.1 Å². The fourth-order valence-electron chi connectivity index (χ4n) is 2.86. The van der Waals surface area contributed by atoms with Gasteiger partial charge in [0, 0.05) is 5.02 Å². The standard InChI is InChI=1S/C23H27ClF3N3O4/c1-14(18-10-9-17(12-28-18)33-13-23(25,26)27)29-20(31)11-19(15-5-7-16(24)8-6-15)30-21(32)34-22(2,3)4/h5-10,12,14,19H,11,13H2,1-4H3,(H,29,31)(H,30,32)/t14-,19+/m1/s1. The number of nitrogens with zero attached hydrogens (tertiary/aromatic N) is 1. The number of alkyl halides is 3. The molecule has 0 aliphatic carbocycles. The lowest BCUT2D eigenvalue weighted by atomic mass is 10.0. The zero-order chi connectivity index (χ0) is 25.5. The van der Waals surface area contributed by atoms with Gasteiger partial charge >= 0.3 is 12.3 Å². The number of ether oxygens (including phenoxy) is 2. The van der Waals surface area contributed by atoms with Crippen molar-refractivity contribution < 1.29 is 32.2 Å². The summed E-state index contributed by atoms with van der Waals surface area (Å²) in [4.78, 5) is 29.1. The van der Waals surface area contributed by atoms with E-state index in [4.69, 9.17) is 16.3 Å². The van der Waals surface area contributed by atoms with Gasteiger partial charge in [-0.15, -0.1) is 0 Å². The van der Waals surface area contributed by atoms with Gasteiger partial charge in [-0.3, -0.25) is 9.78 Å². The summed E-state index contributed by atoms with van der Waals surface area (Å²) in [5.41, 5.74) is 0.366. The van der Waals surface area contributed by atoms with Crippen LogP contribution in [0.3, 0.4) is 0 Å². The van der Waals surface area contributed by atoms with Crippen LogP contribution in [0, 0.1) is 0 Å². The zero-order valence-corrected chi connectivity index (χ0v) is 20.0. The van der Waals surface area contributed by atoms with Crippen LogP contribution in [-0.2, 0) is 9.53 Å². The molecule has 2 amide bonds. The van der Waals surface area contributed by atoms with Gasteiger partial charge in [0.25, 0.3) is 0 Å². The number of carbonyl (C=O) groups is 2. The van der Waals surface area contributed by atoms with E-state index >= 15 is 0 Å². The molecule has 2 N–H and O–H groups in total. The lowest BCUT2D eigenvalue weighted by Crippen LogP contribution is -2.38. The Kier molecular flexibility index (Phi) is 9.14. The molecule has 1 aromatic heterocycles. The largest absolute Gasteiger partial charge is 0.483 e. The lowest BCUT2D eigenvalue weighted by molar-refractivity contribution is -0.153. The summed E-state index contributed by atoms with van der Waals surface area (Å²) in [6, 6.07) is 8.26. The quantitative estimate of drug-likeness (QED) is 0.498. The summed E-state index contributed by atoms with van der Waals surface area (Å²) in [5, 5.41) is 5.97. The number of amides is 2. The third-order valence-corrected chi connectivity index (χ3v) is 4.59. The van der Waals surface area contributed by atoms with Crippen molar-refractivity contribution >= 4 is 23.6 Å². The molecule has 186 valence electrons. The Hall–Kier alpha value is -3.01. The summed E-state index contributed by atoms with van der Waals surface area (Å²) < 4.78 is 46.7. The van der Waals surface area contributed by atoms with Crippen LogP contribution in [-0.4, -0.2) is 35.4 Å². The van der Waals surface area contributed by atoms with Gasteiger partial charge in [0.2, 0.25) is 5.91 Å². The van der Waals surface area contributed by atoms with Crippen molar-refractivity contribution in [1.29, 1.82) is 0 Å². The molecule has 0 unspecified atom stereocenters. The molecule has 2 atom stereocenters. The normalized spacial score (nSPS) is 13.5. The molecule has 2 aromatic rings. The van der Waals surface area contributed by atoms with Gasteiger partial charge in [-0.2, -0.15) is 13.2 Å². The first-order chi connectivity index (χ1) is 15.7. The van der Waals surface area contributed by atoms with Crippen LogP contribution in [0.25, 0.3) is 0 Å². The number of rotatable bonds is 8. The molecule has 0 saturated carbocycles. The minimum absolute atomic E-state index is 0.0380. The SMILES string of the molecule is C[C@@H](NC(=O)C[C@H](NC(=O)OC(C)(C)C)c1ccc(Cl)cc1)c1ccc(OCC(F)(F)F)cn1. The Morgan fingerprint density at radius 3 is 2.24 bits per heavy atom. The molecule has 1 aromatic carbocycles. The Morgan fingerprint density at radius 1 is 1.06 bits per heavy atom. The third-order valence-electron chi connectivity index (χ3n) is 4.34. The average molecular weight is 502 g/mol. The highest BCUT2D eigenvalue weighted by Crippen LogP contribution is 2.22. The summed E-state index contributed by atoms with van der Waals surface area (Å²) in [5.74, 6) is -0.424. The summed E-state index contributed by atoms with van der Waals surface area (Å²) >= 11 is 5.94. The Morgan fingerprint density at radius 2 is 1.71 bits per heavy atom.